The van der Waals surface area contributed by atoms with E-state index >= 15 is 0 Å². The maximum Gasteiger partial charge on any atom is 0.141 e. The lowest BCUT2D eigenvalue weighted by atomic mass is 10.1. The molecule has 0 aliphatic heterocycles. The van der Waals surface area contributed by atoms with Gasteiger partial charge in [-0.1, -0.05) is 23.8 Å². The van der Waals surface area contributed by atoms with E-state index in [4.69, 9.17) is 4.74 Å². The predicted molar refractivity (Wildman–Crippen MR) is 76.0 cm³/mol. The highest BCUT2D eigenvalue weighted by molar-refractivity contribution is 9.10. The second-order valence-corrected chi connectivity index (χ2v) is 5.14. The van der Waals surface area contributed by atoms with Gasteiger partial charge in [-0.05, 0) is 59.6 Å². The zero-order chi connectivity index (χ0) is 13.1. The molecule has 2 nitrogen and oxygen atoms in total. The van der Waals surface area contributed by atoms with Gasteiger partial charge in [-0.3, -0.25) is 0 Å². The third-order valence-electron chi connectivity index (χ3n) is 2.69. The molecule has 0 aliphatic carbocycles. The molecule has 3 heteroatoms. The molecular weight excluding hydrogens is 292 g/mol. The molecule has 0 saturated heterocycles. The van der Waals surface area contributed by atoms with Crippen molar-refractivity contribution in [3.05, 3.63) is 58.1 Å². The summed E-state index contributed by atoms with van der Waals surface area (Å²) in [5.74, 6) is 1.54. The van der Waals surface area contributed by atoms with E-state index in [0.29, 0.717) is 0 Å². The summed E-state index contributed by atoms with van der Waals surface area (Å²) in [5.41, 5.74) is 2.06. The third-order valence-corrected chi connectivity index (χ3v) is 3.31. The fraction of sp³-hybridized carbons (Fsp3) is 0.200. The Morgan fingerprint density at radius 2 is 1.78 bits per heavy atom. The first kappa shape index (κ1) is 13.1. The van der Waals surface area contributed by atoms with Gasteiger partial charge < -0.3 is 9.84 Å². The molecule has 0 aromatic heterocycles. The van der Waals surface area contributed by atoms with Crippen LogP contribution in [0, 0.1) is 6.92 Å². The zero-order valence-electron chi connectivity index (χ0n) is 10.4. The number of halogens is 1. The molecule has 1 N–H and O–H groups in total. The van der Waals surface area contributed by atoms with Gasteiger partial charge >= 0.3 is 0 Å². The number of hydrogen-bond donors (Lipinski definition) is 1. The average Bonchev–Trinajstić information content (AvgIpc) is 2.34. The summed E-state index contributed by atoms with van der Waals surface area (Å²) in [4.78, 5) is 0. The fourth-order valence-corrected chi connectivity index (χ4v) is 2.07. The maximum atomic E-state index is 9.50. The molecule has 2 rings (SSSR count). The normalized spacial score (nSPS) is 12.2. The number of aliphatic hydroxyl groups is 1. The van der Waals surface area contributed by atoms with Crippen molar-refractivity contribution in [1.82, 2.24) is 0 Å². The molecular formula is C15H15BrO2. The standard InChI is InChI=1S/C15H15BrO2/c1-10-3-6-13(7-4-10)18-15-8-5-12(11(2)17)9-14(15)16/h3-9,11,17H,1-2H3/t11-/m1/s1. The van der Waals surface area contributed by atoms with Crippen LogP contribution in [0.3, 0.4) is 0 Å². The number of hydrogen-bond acceptors (Lipinski definition) is 2. The van der Waals surface area contributed by atoms with Crippen molar-refractivity contribution in [2.24, 2.45) is 0 Å². The van der Waals surface area contributed by atoms with Crippen LogP contribution in [0.1, 0.15) is 24.2 Å². The number of aliphatic hydroxyl groups excluding tert-OH is 1. The molecule has 0 amide bonds. The Kier molecular flexibility index (Phi) is 4.04. The third kappa shape index (κ3) is 3.12. The van der Waals surface area contributed by atoms with Crippen LogP contribution in [0.5, 0.6) is 11.5 Å². The van der Waals surface area contributed by atoms with Crippen molar-refractivity contribution in [3.63, 3.8) is 0 Å². The molecule has 94 valence electrons. The van der Waals surface area contributed by atoms with E-state index < -0.39 is 6.10 Å². The Bertz CT molecular complexity index is 533. The maximum absolute atomic E-state index is 9.50. The molecule has 0 heterocycles. The van der Waals surface area contributed by atoms with Gasteiger partial charge in [-0.15, -0.1) is 0 Å². The second-order valence-electron chi connectivity index (χ2n) is 4.28. The molecule has 1 atom stereocenters. The average molecular weight is 307 g/mol. The summed E-state index contributed by atoms with van der Waals surface area (Å²) in [6, 6.07) is 13.5. The quantitative estimate of drug-likeness (QED) is 0.897. The molecule has 18 heavy (non-hydrogen) atoms. The van der Waals surface area contributed by atoms with Crippen LogP contribution >= 0.6 is 15.9 Å². The lowest BCUT2D eigenvalue weighted by molar-refractivity contribution is 0.199. The van der Waals surface area contributed by atoms with E-state index in [2.05, 4.69) is 15.9 Å². The molecule has 0 unspecified atom stereocenters. The van der Waals surface area contributed by atoms with Gasteiger partial charge in [-0.2, -0.15) is 0 Å². The van der Waals surface area contributed by atoms with Gasteiger partial charge in [0.2, 0.25) is 0 Å². The van der Waals surface area contributed by atoms with Crippen LogP contribution in [0.15, 0.2) is 46.9 Å². The summed E-state index contributed by atoms with van der Waals surface area (Å²) in [6.07, 6.45) is -0.477. The Hall–Kier alpha value is -1.32. The minimum atomic E-state index is -0.477. The number of ether oxygens (including phenoxy) is 1. The molecule has 2 aromatic rings. The van der Waals surface area contributed by atoms with E-state index in [-0.39, 0.29) is 0 Å². The highest BCUT2D eigenvalue weighted by atomic mass is 79.9. The highest BCUT2D eigenvalue weighted by Gasteiger charge is 2.07. The van der Waals surface area contributed by atoms with Crippen LogP contribution in [0.25, 0.3) is 0 Å². The van der Waals surface area contributed by atoms with Crippen molar-refractivity contribution in [2.75, 3.05) is 0 Å². The minimum absolute atomic E-state index is 0.477. The van der Waals surface area contributed by atoms with Crippen molar-refractivity contribution >= 4 is 15.9 Å². The van der Waals surface area contributed by atoms with E-state index in [9.17, 15) is 5.11 Å². The SMILES string of the molecule is Cc1ccc(Oc2ccc([C@@H](C)O)cc2Br)cc1. The van der Waals surface area contributed by atoms with Crippen molar-refractivity contribution in [2.45, 2.75) is 20.0 Å². The van der Waals surface area contributed by atoms with Gasteiger partial charge in [-0.25, -0.2) is 0 Å². The van der Waals surface area contributed by atoms with Gasteiger partial charge in [0, 0.05) is 0 Å². The fourth-order valence-electron chi connectivity index (χ4n) is 1.59. The van der Waals surface area contributed by atoms with Gasteiger partial charge in [0.15, 0.2) is 0 Å². The van der Waals surface area contributed by atoms with Crippen LogP contribution in [-0.2, 0) is 0 Å². The molecule has 0 saturated carbocycles. The van der Waals surface area contributed by atoms with E-state index in [1.54, 1.807) is 6.92 Å². The molecule has 0 aliphatic rings. The van der Waals surface area contributed by atoms with Crippen molar-refractivity contribution in [3.8, 4) is 11.5 Å². The van der Waals surface area contributed by atoms with Crippen LogP contribution in [0.4, 0.5) is 0 Å². The van der Waals surface area contributed by atoms with Gasteiger partial charge in [0.1, 0.15) is 11.5 Å². The van der Waals surface area contributed by atoms with Crippen LogP contribution in [0.2, 0.25) is 0 Å². The van der Waals surface area contributed by atoms with Gasteiger partial charge in [0.25, 0.3) is 0 Å². The Balaban J connectivity index is 2.22. The topological polar surface area (TPSA) is 29.5 Å². The molecule has 0 bridgehead atoms. The largest absolute Gasteiger partial charge is 0.456 e. The van der Waals surface area contributed by atoms with E-state index in [1.807, 2.05) is 49.4 Å². The van der Waals surface area contributed by atoms with Crippen molar-refractivity contribution < 1.29 is 9.84 Å². The number of benzene rings is 2. The minimum Gasteiger partial charge on any atom is -0.456 e. The second kappa shape index (κ2) is 5.55. The summed E-state index contributed by atoms with van der Waals surface area (Å²) in [6.45, 7) is 3.78. The smallest absolute Gasteiger partial charge is 0.141 e. The lowest BCUT2D eigenvalue weighted by Crippen LogP contribution is -1.92. The first-order valence-corrected chi connectivity index (χ1v) is 6.57. The Morgan fingerprint density at radius 3 is 2.33 bits per heavy atom. The monoisotopic (exact) mass is 306 g/mol. The van der Waals surface area contributed by atoms with Crippen molar-refractivity contribution in [1.29, 1.82) is 0 Å². The molecule has 0 fully saturated rings. The molecule has 0 spiro atoms. The summed E-state index contributed by atoms with van der Waals surface area (Å²) in [7, 11) is 0. The van der Waals surface area contributed by atoms with Gasteiger partial charge in [0.05, 0.1) is 10.6 Å². The van der Waals surface area contributed by atoms with E-state index in [1.165, 1.54) is 5.56 Å². The molecule has 0 radical (unpaired) electrons. The predicted octanol–water partition coefficient (Wildman–Crippen LogP) is 4.60. The Morgan fingerprint density at radius 1 is 1.11 bits per heavy atom. The Labute approximate surface area is 115 Å². The highest BCUT2D eigenvalue weighted by Crippen LogP contribution is 2.32. The lowest BCUT2D eigenvalue weighted by Gasteiger charge is -2.11. The number of aryl methyl sites for hydroxylation is 1. The molecule has 2 aromatic carbocycles. The van der Waals surface area contributed by atoms with E-state index in [0.717, 1.165) is 21.5 Å². The summed E-state index contributed by atoms with van der Waals surface area (Å²) in [5, 5.41) is 9.50. The summed E-state index contributed by atoms with van der Waals surface area (Å²) < 4.78 is 6.61. The summed E-state index contributed by atoms with van der Waals surface area (Å²) >= 11 is 3.45. The first-order chi connectivity index (χ1) is 8.56. The number of rotatable bonds is 3. The van der Waals surface area contributed by atoms with Crippen LogP contribution < -0.4 is 4.74 Å². The first-order valence-electron chi connectivity index (χ1n) is 5.78. The van der Waals surface area contributed by atoms with Crippen LogP contribution in [-0.4, -0.2) is 5.11 Å². The zero-order valence-corrected chi connectivity index (χ0v) is 11.9.